The van der Waals surface area contributed by atoms with Gasteiger partial charge in [0.1, 0.15) is 11.4 Å². The van der Waals surface area contributed by atoms with Crippen molar-refractivity contribution in [1.82, 2.24) is 4.98 Å². The minimum Gasteiger partial charge on any atom is -0.506 e. The van der Waals surface area contributed by atoms with Gasteiger partial charge in [-0.25, -0.2) is 4.79 Å². The maximum absolute atomic E-state index is 11.5. The van der Waals surface area contributed by atoms with Gasteiger partial charge in [0, 0.05) is 5.69 Å². The zero-order chi connectivity index (χ0) is 15.4. The highest BCUT2D eigenvalue weighted by Gasteiger charge is 2.10. The molecule has 2 N–H and O–H groups in total. The molecule has 0 unspecified atom stereocenters. The van der Waals surface area contributed by atoms with E-state index < -0.39 is 5.97 Å². The number of nitrogens with one attached hydrogen (secondary N) is 1. The lowest BCUT2D eigenvalue weighted by molar-refractivity contribution is 0.0601. The van der Waals surface area contributed by atoms with E-state index in [0.717, 1.165) is 5.69 Å². The summed E-state index contributed by atoms with van der Waals surface area (Å²) in [5, 5.41) is 13.3. The summed E-state index contributed by atoms with van der Waals surface area (Å²) in [6.07, 6.45) is 0. The molecule has 1 aromatic heterocycles. The largest absolute Gasteiger partial charge is 0.506 e. The molecule has 0 bridgehead atoms. The first-order valence-corrected chi connectivity index (χ1v) is 6.66. The Morgan fingerprint density at radius 2 is 2.14 bits per heavy atom. The van der Waals surface area contributed by atoms with Crippen molar-refractivity contribution >= 4 is 23.3 Å². The molecule has 2 aromatic rings. The summed E-state index contributed by atoms with van der Waals surface area (Å²) >= 11 is 6.08. The zero-order valence-corrected chi connectivity index (χ0v) is 12.4. The number of carbonyl (C=O) groups is 1. The second-order valence-electron chi connectivity index (χ2n) is 4.46. The molecule has 110 valence electrons. The van der Waals surface area contributed by atoms with Gasteiger partial charge in [-0.15, -0.1) is 0 Å². The Bertz CT molecular complexity index is 674. The first-order chi connectivity index (χ1) is 10.0. The fourth-order valence-electron chi connectivity index (χ4n) is 1.82. The summed E-state index contributed by atoms with van der Waals surface area (Å²) < 4.78 is 4.67. The molecular weight excluding hydrogens is 292 g/mol. The Balaban J connectivity index is 2.19. The summed E-state index contributed by atoms with van der Waals surface area (Å²) in [6, 6.07) is 8.11. The number of aromatic hydroxyl groups is 1. The highest BCUT2D eigenvalue weighted by atomic mass is 35.5. The lowest BCUT2D eigenvalue weighted by Gasteiger charge is -2.11. The maximum Gasteiger partial charge on any atom is 0.337 e. The SMILES string of the molecule is COC(=O)c1ccc(Cl)c(NCc2nc(C)ccc2O)c1. The van der Waals surface area contributed by atoms with E-state index in [1.807, 2.05) is 6.92 Å². The number of pyridine rings is 1. The lowest BCUT2D eigenvalue weighted by atomic mass is 10.2. The predicted octanol–water partition coefficient (Wildman–Crippen LogP) is 3.15. The Kier molecular flexibility index (Phi) is 4.65. The Hall–Kier alpha value is -2.27. The van der Waals surface area contributed by atoms with Crippen LogP contribution in [0.4, 0.5) is 5.69 Å². The number of ether oxygens (including phenoxy) is 1. The number of methoxy groups -OCH3 is 1. The molecule has 21 heavy (non-hydrogen) atoms. The average molecular weight is 307 g/mol. The number of aromatic nitrogens is 1. The van der Waals surface area contributed by atoms with Gasteiger partial charge >= 0.3 is 5.97 Å². The lowest BCUT2D eigenvalue weighted by Crippen LogP contribution is -2.06. The first-order valence-electron chi connectivity index (χ1n) is 6.28. The number of benzene rings is 1. The second-order valence-corrected chi connectivity index (χ2v) is 4.87. The van der Waals surface area contributed by atoms with Gasteiger partial charge in [-0.05, 0) is 37.3 Å². The predicted molar refractivity (Wildman–Crippen MR) is 80.8 cm³/mol. The van der Waals surface area contributed by atoms with Crippen molar-refractivity contribution in [2.45, 2.75) is 13.5 Å². The van der Waals surface area contributed by atoms with Gasteiger partial charge in [0.2, 0.25) is 0 Å². The number of hydrogen-bond acceptors (Lipinski definition) is 5. The molecule has 1 heterocycles. The van der Waals surface area contributed by atoms with Crippen molar-refractivity contribution in [3.8, 4) is 5.75 Å². The van der Waals surface area contributed by atoms with Crippen molar-refractivity contribution in [3.63, 3.8) is 0 Å². The van der Waals surface area contributed by atoms with Crippen molar-refractivity contribution in [3.05, 3.63) is 52.3 Å². The fourth-order valence-corrected chi connectivity index (χ4v) is 2.00. The van der Waals surface area contributed by atoms with Crippen LogP contribution in [-0.4, -0.2) is 23.2 Å². The molecule has 5 nitrogen and oxygen atoms in total. The van der Waals surface area contributed by atoms with Crippen molar-refractivity contribution in [2.75, 3.05) is 12.4 Å². The van der Waals surface area contributed by atoms with Crippen LogP contribution in [-0.2, 0) is 11.3 Å². The second kappa shape index (κ2) is 6.45. The number of esters is 1. The van der Waals surface area contributed by atoms with E-state index in [2.05, 4.69) is 15.0 Å². The van der Waals surface area contributed by atoms with Crippen LogP contribution in [0.15, 0.2) is 30.3 Å². The zero-order valence-electron chi connectivity index (χ0n) is 11.7. The Morgan fingerprint density at radius 3 is 2.86 bits per heavy atom. The summed E-state index contributed by atoms with van der Waals surface area (Å²) in [4.78, 5) is 15.7. The molecule has 0 amide bonds. The van der Waals surface area contributed by atoms with Crippen LogP contribution in [0.1, 0.15) is 21.7 Å². The Morgan fingerprint density at radius 1 is 1.38 bits per heavy atom. The molecule has 0 saturated heterocycles. The Labute approximate surface area is 127 Å². The standard InChI is InChI=1S/C15H15ClN2O3/c1-9-3-6-14(19)13(18-9)8-17-12-7-10(15(20)21-2)4-5-11(12)16/h3-7,17,19H,8H2,1-2H3. The van der Waals surface area contributed by atoms with Crippen LogP contribution in [0.25, 0.3) is 0 Å². The maximum atomic E-state index is 11.5. The van der Waals surface area contributed by atoms with Gasteiger partial charge in [0.15, 0.2) is 0 Å². The number of aryl methyl sites for hydroxylation is 1. The molecule has 0 fully saturated rings. The monoisotopic (exact) mass is 306 g/mol. The van der Waals surface area contributed by atoms with Crippen molar-refractivity contribution in [1.29, 1.82) is 0 Å². The smallest absolute Gasteiger partial charge is 0.337 e. The highest BCUT2D eigenvalue weighted by Crippen LogP contribution is 2.25. The van der Waals surface area contributed by atoms with Gasteiger partial charge in [-0.1, -0.05) is 11.6 Å². The molecule has 0 atom stereocenters. The number of carbonyl (C=O) groups excluding carboxylic acids is 1. The molecule has 0 aliphatic carbocycles. The third kappa shape index (κ3) is 3.64. The third-order valence-corrected chi connectivity index (χ3v) is 3.25. The van der Waals surface area contributed by atoms with Gasteiger partial charge in [-0.2, -0.15) is 0 Å². The molecule has 0 aliphatic heterocycles. The molecule has 1 aromatic carbocycles. The number of rotatable bonds is 4. The van der Waals surface area contributed by atoms with Gasteiger partial charge in [0.05, 0.1) is 29.9 Å². The van der Waals surface area contributed by atoms with E-state index in [0.29, 0.717) is 22.0 Å². The van der Waals surface area contributed by atoms with Crippen molar-refractivity contribution in [2.24, 2.45) is 0 Å². The van der Waals surface area contributed by atoms with Gasteiger partial charge in [0.25, 0.3) is 0 Å². The van der Waals surface area contributed by atoms with Crippen LogP contribution in [0.3, 0.4) is 0 Å². The van der Waals surface area contributed by atoms with E-state index in [-0.39, 0.29) is 12.3 Å². The topological polar surface area (TPSA) is 71.5 Å². The quantitative estimate of drug-likeness (QED) is 0.849. The number of hydrogen-bond donors (Lipinski definition) is 2. The van der Waals surface area contributed by atoms with Crippen LogP contribution in [0.2, 0.25) is 5.02 Å². The average Bonchev–Trinajstić information content (AvgIpc) is 2.48. The van der Waals surface area contributed by atoms with E-state index in [1.165, 1.54) is 7.11 Å². The molecule has 0 aliphatic rings. The minimum atomic E-state index is -0.439. The number of nitrogens with zero attached hydrogens (tertiary/aromatic N) is 1. The first kappa shape index (κ1) is 15.1. The van der Waals surface area contributed by atoms with Gasteiger partial charge < -0.3 is 15.2 Å². The summed E-state index contributed by atoms with van der Waals surface area (Å²) in [7, 11) is 1.32. The molecule has 2 rings (SSSR count). The van der Waals surface area contributed by atoms with E-state index in [9.17, 15) is 9.90 Å². The highest BCUT2D eigenvalue weighted by molar-refractivity contribution is 6.33. The molecule has 0 radical (unpaired) electrons. The molecule has 6 heteroatoms. The normalized spacial score (nSPS) is 10.2. The molecule has 0 saturated carbocycles. The fraction of sp³-hybridized carbons (Fsp3) is 0.200. The van der Waals surface area contributed by atoms with Crippen LogP contribution in [0, 0.1) is 6.92 Å². The number of halogens is 1. The number of anilines is 1. The van der Waals surface area contributed by atoms with Crippen LogP contribution >= 0.6 is 11.6 Å². The van der Waals surface area contributed by atoms with Crippen LogP contribution in [0.5, 0.6) is 5.75 Å². The van der Waals surface area contributed by atoms with E-state index in [1.54, 1.807) is 30.3 Å². The minimum absolute atomic E-state index is 0.105. The van der Waals surface area contributed by atoms with E-state index in [4.69, 9.17) is 11.6 Å². The summed E-state index contributed by atoms with van der Waals surface area (Å²) in [6.45, 7) is 2.13. The van der Waals surface area contributed by atoms with Gasteiger partial charge in [-0.3, -0.25) is 4.98 Å². The molecule has 0 spiro atoms. The van der Waals surface area contributed by atoms with E-state index >= 15 is 0 Å². The summed E-state index contributed by atoms with van der Waals surface area (Å²) in [5.41, 5.74) is 2.28. The third-order valence-electron chi connectivity index (χ3n) is 2.92. The van der Waals surface area contributed by atoms with Crippen LogP contribution < -0.4 is 5.32 Å². The summed E-state index contributed by atoms with van der Waals surface area (Å²) in [5.74, 6) is -0.334. The molecular formula is C15H15ClN2O3. The van der Waals surface area contributed by atoms with Crippen molar-refractivity contribution < 1.29 is 14.6 Å².